The van der Waals surface area contributed by atoms with Crippen LogP contribution < -0.4 is 4.74 Å². The molecule has 0 heterocycles. The van der Waals surface area contributed by atoms with Gasteiger partial charge in [-0.15, -0.1) is 0 Å². The van der Waals surface area contributed by atoms with Crippen LogP contribution in [0.1, 0.15) is 56.6 Å². The molecule has 200 valence electrons. The van der Waals surface area contributed by atoms with Crippen LogP contribution in [0, 0.1) is 6.92 Å². The van der Waals surface area contributed by atoms with E-state index in [1.165, 1.54) is 5.56 Å². The highest BCUT2D eigenvalue weighted by molar-refractivity contribution is 5.69. The van der Waals surface area contributed by atoms with Crippen molar-refractivity contribution in [3.8, 4) is 5.75 Å². The highest BCUT2D eigenvalue weighted by Crippen LogP contribution is 2.18. The van der Waals surface area contributed by atoms with Crippen molar-refractivity contribution in [3.63, 3.8) is 0 Å². The number of carbonyl (C=O) groups is 2. The zero-order chi connectivity index (χ0) is 25.7. The molecule has 0 aliphatic heterocycles. The first-order chi connectivity index (χ1) is 17.0. The van der Waals surface area contributed by atoms with E-state index in [-0.39, 0.29) is 11.9 Å². The fourth-order valence-corrected chi connectivity index (χ4v) is 3.32. The van der Waals surface area contributed by atoms with Crippen molar-refractivity contribution in [2.45, 2.75) is 58.8 Å². The molecule has 0 aromatic heterocycles. The number of likely N-dealkylation sites (N-methyl/N-ethyl adjacent to an activating group) is 1. The number of aryl methyl sites for hydroxylation is 1. The molecule has 0 radical (unpaired) electrons. The topological polar surface area (TPSA) is 83.5 Å². The largest absolute Gasteiger partial charge is 0.496 e. The maximum Gasteiger partial charge on any atom is 0.307 e. The quantitative estimate of drug-likeness (QED) is 0.187. The van der Waals surface area contributed by atoms with Gasteiger partial charge in [0.25, 0.3) is 0 Å². The Labute approximate surface area is 211 Å². The predicted octanol–water partition coefficient (Wildman–Crippen LogP) is 3.96. The Bertz CT molecular complexity index is 711. The number of ether oxygens (including phenoxy) is 5. The van der Waals surface area contributed by atoms with Crippen molar-refractivity contribution in [1.29, 1.82) is 0 Å². The Morgan fingerprint density at radius 1 is 0.829 bits per heavy atom. The lowest BCUT2D eigenvalue weighted by atomic mass is 10.1. The summed E-state index contributed by atoms with van der Waals surface area (Å²) in [6.07, 6.45) is 4.78. The molecule has 35 heavy (non-hydrogen) atoms. The molecule has 0 N–H and O–H groups in total. The van der Waals surface area contributed by atoms with Crippen LogP contribution in [0.2, 0.25) is 0 Å². The van der Waals surface area contributed by atoms with Crippen molar-refractivity contribution >= 4 is 11.9 Å². The van der Waals surface area contributed by atoms with Crippen LogP contribution in [-0.2, 0) is 35.0 Å². The number of hydrogen-bond acceptors (Lipinski definition) is 8. The number of nitrogens with zero attached hydrogens (tertiary/aromatic N) is 1. The van der Waals surface area contributed by atoms with Crippen LogP contribution in [-0.4, -0.2) is 83.7 Å². The van der Waals surface area contributed by atoms with Gasteiger partial charge in [0.15, 0.2) is 0 Å². The standard InChI is InChI=1S/C27H45NO7/c1-5-9-26(29)34-20-7-18-32-16-6-17-33-19-8-21-35-27(30)13-15-28(3)14-12-24-10-11-25(31-4)23(2)22-24/h10-11,22H,5-9,12-21H2,1-4H3. The van der Waals surface area contributed by atoms with E-state index in [9.17, 15) is 9.59 Å². The van der Waals surface area contributed by atoms with Crippen LogP contribution in [0.3, 0.4) is 0 Å². The molecule has 0 unspecified atom stereocenters. The van der Waals surface area contributed by atoms with Gasteiger partial charge in [0.1, 0.15) is 5.75 Å². The fraction of sp³-hybridized carbons (Fsp3) is 0.704. The summed E-state index contributed by atoms with van der Waals surface area (Å²) in [5.74, 6) is 0.583. The third-order valence-corrected chi connectivity index (χ3v) is 5.36. The number of esters is 2. The Balaban J connectivity index is 1.91. The van der Waals surface area contributed by atoms with Gasteiger partial charge < -0.3 is 28.6 Å². The maximum atomic E-state index is 11.9. The molecule has 0 aliphatic carbocycles. The highest BCUT2D eigenvalue weighted by Gasteiger charge is 2.07. The Morgan fingerprint density at radius 3 is 1.94 bits per heavy atom. The molecule has 8 nitrogen and oxygen atoms in total. The second kappa shape index (κ2) is 20.1. The maximum absolute atomic E-state index is 11.9. The minimum atomic E-state index is -0.175. The van der Waals surface area contributed by atoms with Gasteiger partial charge in [-0.3, -0.25) is 9.59 Å². The van der Waals surface area contributed by atoms with E-state index in [0.29, 0.717) is 71.9 Å². The SMILES string of the molecule is CCCC(=O)OCCCOCCCOCCCOC(=O)CCN(C)CCc1ccc(OC)c(C)c1. The highest BCUT2D eigenvalue weighted by atomic mass is 16.5. The molecule has 0 spiro atoms. The lowest BCUT2D eigenvalue weighted by molar-refractivity contribution is -0.145. The van der Waals surface area contributed by atoms with Crippen LogP contribution in [0.15, 0.2) is 18.2 Å². The number of rotatable bonds is 21. The molecule has 0 bridgehead atoms. The number of carbonyl (C=O) groups excluding carboxylic acids is 2. The zero-order valence-electron chi connectivity index (χ0n) is 22.1. The summed E-state index contributed by atoms with van der Waals surface area (Å²) in [4.78, 5) is 25.3. The molecule has 1 aromatic carbocycles. The summed E-state index contributed by atoms with van der Waals surface area (Å²) in [6.45, 7) is 8.69. The average molecular weight is 496 g/mol. The smallest absolute Gasteiger partial charge is 0.307 e. The molecule has 0 aliphatic rings. The Hall–Kier alpha value is -2.16. The monoisotopic (exact) mass is 495 g/mol. The van der Waals surface area contributed by atoms with Gasteiger partial charge in [0.2, 0.25) is 0 Å². The van der Waals surface area contributed by atoms with Crippen LogP contribution in [0.4, 0.5) is 0 Å². The summed E-state index contributed by atoms with van der Waals surface area (Å²) in [5.41, 5.74) is 2.39. The number of methoxy groups -OCH3 is 1. The summed E-state index contributed by atoms with van der Waals surface area (Å²) in [7, 11) is 3.70. The minimum Gasteiger partial charge on any atom is -0.496 e. The molecule has 1 aromatic rings. The average Bonchev–Trinajstić information content (AvgIpc) is 2.84. The summed E-state index contributed by atoms with van der Waals surface area (Å²) in [5, 5.41) is 0. The molecule has 0 amide bonds. The molecular formula is C27H45NO7. The normalized spacial score (nSPS) is 11.0. The van der Waals surface area contributed by atoms with E-state index in [0.717, 1.165) is 37.1 Å². The van der Waals surface area contributed by atoms with Gasteiger partial charge in [0.05, 0.1) is 26.7 Å². The van der Waals surface area contributed by atoms with Gasteiger partial charge in [-0.1, -0.05) is 19.1 Å². The van der Waals surface area contributed by atoms with E-state index < -0.39 is 0 Å². The minimum absolute atomic E-state index is 0.144. The van der Waals surface area contributed by atoms with Crippen LogP contribution >= 0.6 is 0 Å². The zero-order valence-corrected chi connectivity index (χ0v) is 22.1. The lowest BCUT2D eigenvalue weighted by Gasteiger charge is -2.16. The molecule has 8 heteroatoms. The Kier molecular flexibility index (Phi) is 17.7. The van der Waals surface area contributed by atoms with Crippen molar-refractivity contribution in [3.05, 3.63) is 29.3 Å². The van der Waals surface area contributed by atoms with Gasteiger partial charge >= 0.3 is 11.9 Å². The first kappa shape index (κ1) is 30.9. The third kappa shape index (κ3) is 16.2. The molecule has 1 rings (SSSR count). The van der Waals surface area contributed by atoms with Gasteiger partial charge in [-0.05, 0) is 50.4 Å². The first-order valence-corrected chi connectivity index (χ1v) is 12.7. The van der Waals surface area contributed by atoms with E-state index in [4.69, 9.17) is 23.7 Å². The van der Waals surface area contributed by atoms with Gasteiger partial charge in [-0.2, -0.15) is 0 Å². The van der Waals surface area contributed by atoms with Crippen molar-refractivity contribution in [2.75, 3.05) is 66.9 Å². The van der Waals surface area contributed by atoms with Crippen molar-refractivity contribution < 1.29 is 33.3 Å². The summed E-state index contributed by atoms with van der Waals surface area (Å²) >= 11 is 0. The van der Waals surface area contributed by atoms with Crippen molar-refractivity contribution in [2.24, 2.45) is 0 Å². The summed E-state index contributed by atoms with van der Waals surface area (Å²) < 4.78 is 26.7. The fourth-order valence-electron chi connectivity index (χ4n) is 3.32. The van der Waals surface area contributed by atoms with Gasteiger partial charge in [0, 0.05) is 58.8 Å². The summed E-state index contributed by atoms with van der Waals surface area (Å²) in [6, 6.07) is 6.22. The van der Waals surface area contributed by atoms with E-state index >= 15 is 0 Å². The van der Waals surface area contributed by atoms with E-state index in [1.807, 2.05) is 27.0 Å². The molecule has 0 saturated heterocycles. The molecule has 0 saturated carbocycles. The number of benzene rings is 1. The predicted molar refractivity (Wildman–Crippen MR) is 136 cm³/mol. The second-order valence-electron chi connectivity index (χ2n) is 8.58. The van der Waals surface area contributed by atoms with E-state index in [1.54, 1.807) is 7.11 Å². The lowest BCUT2D eigenvalue weighted by Crippen LogP contribution is -2.25. The number of hydrogen-bond donors (Lipinski definition) is 0. The molecular weight excluding hydrogens is 450 g/mol. The third-order valence-electron chi connectivity index (χ3n) is 5.36. The first-order valence-electron chi connectivity index (χ1n) is 12.7. The molecule has 0 fully saturated rings. The van der Waals surface area contributed by atoms with E-state index in [2.05, 4.69) is 17.0 Å². The molecule has 0 atom stereocenters. The van der Waals surface area contributed by atoms with Crippen LogP contribution in [0.5, 0.6) is 5.75 Å². The van der Waals surface area contributed by atoms with Gasteiger partial charge in [-0.25, -0.2) is 0 Å². The Morgan fingerprint density at radius 2 is 1.40 bits per heavy atom. The van der Waals surface area contributed by atoms with Crippen LogP contribution in [0.25, 0.3) is 0 Å². The second-order valence-corrected chi connectivity index (χ2v) is 8.58. The van der Waals surface area contributed by atoms with Crippen molar-refractivity contribution in [1.82, 2.24) is 4.90 Å².